The molecule has 5 nitrogen and oxygen atoms in total. The Morgan fingerprint density at radius 1 is 1.30 bits per heavy atom. The Labute approximate surface area is 159 Å². The molecule has 0 fully saturated rings. The van der Waals surface area contributed by atoms with Gasteiger partial charge in [0.25, 0.3) is 0 Å². The molecule has 2 aliphatic rings. The molecule has 2 aromatic rings. The number of hydrogen-bond acceptors (Lipinski definition) is 5. The van der Waals surface area contributed by atoms with Gasteiger partial charge in [-0.15, -0.1) is 0 Å². The molecular weight excluding hydrogens is 342 g/mol. The molecule has 0 N–H and O–H groups in total. The van der Waals surface area contributed by atoms with Crippen LogP contribution in [-0.2, 0) is 11.2 Å². The summed E-state index contributed by atoms with van der Waals surface area (Å²) in [5.74, 6) is 2.15. The van der Waals surface area contributed by atoms with Gasteiger partial charge < -0.3 is 14.2 Å². The summed E-state index contributed by atoms with van der Waals surface area (Å²) in [6.45, 7) is 1.09. The highest BCUT2D eigenvalue weighted by Gasteiger charge is 2.34. The van der Waals surface area contributed by atoms with Gasteiger partial charge in [0.1, 0.15) is 0 Å². The van der Waals surface area contributed by atoms with E-state index < -0.39 is 0 Å². The summed E-state index contributed by atoms with van der Waals surface area (Å²) in [5.41, 5.74) is 3.22. The van der Waals surface area contributed by atoms with Gasteiger partial charge in [-0.2, -0.15) is 0 Å². The Hall–Kier alpha value is -2.79. The average molecular weight is 365 g/mol. The van der Waals surface area contributed by atoms with Crippen LogP contribution in [0.5, 0.6) is 17.2 Å². The fourth-order valence-electron chi connectivity index (χ4n) is 3.80. The van der Waals surface area contributed by atoms with Gasteiger partial charge in [-0.05, 0) is 36.7 Å². The van der Waals surface area contributed by atoms with Gasteiger partial charge in [0.05, 0.1) is 7.11 Å². The summed E-state index contributed by atoms with van der Waals surface area (Å²) in [6, 6.07) is 11.8. The first-order valence-corrected chi connectivity index (χ1v) is 9.13. The molecule has 0 saturated carbocycles. The number of hydrogen-bond donors (Lipinski definition) is 0. The highest BCUT2D eigenvalue weighted by atomic mass is 16.7. The molecule has 1 atom stereocenters. The molecule has 0 amide bonds. The van der Waals surface area contributed by atoms with E-state index in [1.54, 1.807) is 13.2 Å². The average Bonchev–Trinajstić information content (AvgIpc) is 3.16. The minimum absolute atomic E-state index is 0.0499. The molecule has 0 radical (unpaired) electrons. The zero-order valence-corrected chi connectivity index (χ0v) is 15.6. The number of ketones is 1. The maximum absolute atomic E-state index is 12.7. The summed E-state index contributed by atoms with van der Waals surface area (Å²) in [6.07, 6.45) is 4.81. The molecule has 2 aliphatic heterocycles. The van der Waals surface area contributed by atoms with Crippen LogP contribution >= 0.6 is 0 Å². The van der Waals surface area contributed by atoms with E-state index >= 15 is 0 Å². The van der Waals surface area contributed by atoms with Crippen LogP contribution in [0.25, 0.3) is 6.08 Å². The second kappa shape index (κ2) is 7.45. The predicted molar refractivity (Wildman–Crippen MR) is 103 cm³/mol. The second-order valence-corrected chi connectivity index (χ2v) is 6.88. The third-order valence-corrected chi connectivity index (χ3v) is 5.20. The number of nitrogens with zero attached hydrogens (tertiary/aromatic N) is 1. The van der Waals surface area contributed by atoms with Crippen molar-refractivity contribution in [3.63, 3.8) is 0 Å². The lowest BCUT2D eigenvalue weighted by Gasteiger charge is -2.35. The Kier molecular flexibility index (Phi) is 4.86. The number of methoxy groups -OCH3 is 1. The molecule has 0 aromatic heterocycles. The first kappa shape index (κ1) is 17.6. The molecule has 4 rings (SSSR count). The van der Waals surface area contributed by atoms with Crippen LogP contribution < -0.4 is 14.2 Å². The quantitative estimate of drug-likeness (QED) is 0.758. The minimum atomic E-state index is -0.0499. The van der Waals surface area contributed by atoms with Crippen molar-refractivity contribution in [2.45, 2.75) is 18.9 Å². The molecule has 0 saturated heterocycles. The Morgan fingerprint density at radius 2 is 2.11 bits per heavy atom. The number of rotatable bonds is 5. The van der Waals surface area contributed by atoms with Gasteiger partial charge in [-0.3, -0.25) is 9.69 Å². The largest absolute Gasteiger partial charge is 0.492 e. The normalized spacial score (nSPS) is 18.5. The minimum Gasteiger partial charge on any atom is -0.492 e. The lowest BCUT2D eigenvalue weighted by molar-refractivity contribution is -0.115. The number of likely N-dealkylation sites (N-methyl/N-ethyl adjacent to an activating group) is 1. The monoisotopic (exact) mass is 365 g/mol. The zero-order chi connectivity index (χ0) is 18.8. The zero-order valence-electron chi connectivity index (χ0n) is 15.6. The van der Waals surface area contributed by atoms with Crippen LogP contribution in [0.3, 0.4) is 0 Å². The van der Waals surface area contributed by atoms with Gasteiger partial charge in [0.15, 0.2) is 17.3 Å². The third-order valence-electron chi connectivity index (χ3n) is 5.20. The van der Waals surface area contributed by atoms with Gasteiger partial charge in [0.2, 0.25) is 12.5 Å². The summed E-state index contributed by atoms with van der Waals surface area (Å²) >= 11 is 0. The molecule has 1 unspecified atom stereocenters. The van der Waals surface area contributed by atoms with E-state index in [9.17, 15) is 4.79 Å². The number of benzene rings is 2. The van der Waals surface area contributed by atoms with Crippen molar-refractivity contribution in [3.05, 3.63) is 59.2 Å². The molecule has 140 valence electrons. The lowest BCUT2D eigenvalue weighted by Crippen LogP contribution is -2.33. The summed E-state index contributed by atoms with van der Waals surface area (Å²) in [4.78, 5) is 14.9. The fraction of sp³-hybridized carbons (Fsp3) is 0.318. The van der Waals surface area contributed by atoms with Crippen LogP contribution in [0, 0.1) is 0 Å². The van der Waals surface area contributed by atoms with E-state index in [0.717, 1.165) is 29.8 Å². The molecule has 2 heterocycles. The highest BCUT2D eigenvalue weighted by Crippen LogP contribution is 2.50. The maximum Gasteiger partial charge on any atom is 0.231 e. The van der Waals surface area contributed by atoms with Crippen LogP contribution in [-0.4, -0.2) is 38.2 Å². The molecule has 2 aromatic carbocycles. The predicted octanol–water partition coefficient (Wildman–Crippen LogP) is 3.63. The molecule has 0 bridgehead atoms. The molecule has 0 spiro atoms. The maximum atomic E-state index is 12.7. The Morgan fingerprint density at radius 3 is 2.89 bits per heavy atom. The highest BCUT2D eigenvalue weighted by molar-refractivity contribution is 5.94. The number of allylic oxidation sites excluding steroid dienone is 1. The van der Waals surface area contributed by atoms with Crippen molar-refractivity contribution in [2.24, 2.45) is 0 Å². The van der Waals surface area contributed by atoms with Crippen LogP contribution in [0.1, 0.15) is 29.2 Å². The number of ether oxygens (including phenoxy) is 3. The third kappa shape index (κ3) is 3.43. The van der Waals surface area contributed by atoms with Gasteiger partial charge in [-0.1, -0.05) is 36.4 Å². The Balaban J connectivity index is 1.62. The first-order valence-electron chi connectivity index (χ1n) is 9.13. The van der Waals surface area contributed by atoms with Crippen molar-refractivity contribution in [3.8, 4) is 17.2 Å². The van der Waals surface area contributed by atoms with Gasteiger partial charge >= 0.3 is 0 Å². The van der Waals surface area contributed by atoms with E-state index in [0.29, 0.717) is 17.9 Å². The SMILES string of the molecule is COc1c2c(cc3c1C(CC(=O)/C=C/c1ccccc1)N(C)CC3)OCO2. The van der Waals surface area contributed by atoms with Crippen molar-refractivity contribution in [2.75, 3.05) is 27.5 Å². The fourth-order valence-corrected chi connectivity index (χ4v) is 3.80. The van der Waals surface area contributed by atoms with Crippen molar-refractivity contribution < 1.29 is 19.0 Å². The van der Waals surface area contributed by atoms with Gasteiger partial charge in [0, 0.05) is 24.6 Å². The van der Waals surface area contributed by atoms with E-state index in [2.05, 4.69) is 4.90 Å². The summed E-state index contributed by atoms with van der Waals surface area (Å²) in [5, 5.41) is 0. The van der Waals surface area contributed by atoms with E-state index in [1.807, 2.05) is 49.5 Å². The van der Waals surface area contributed by atoms with E-state index in [4.69, 9.17) is 14.2 Å². The summed E-state index contributed by atoms with van der Waals surface area (Å²) < 4.78 is 16.8. The smallest absolute Gasteiger partial charge is 0.231 e. The van der Waals surface area contributed by atoms with Crippen molar-refractivity contribution in [1.82, 2.24) is 4.90 Å². The van der Waals surface area contributed by atoms with Gasteiger partial charge in [-0.25, -0.2) is 0 Å². The van der Waals surface area contributed by atoms with Crippen molar-refractivity contribution >= 4 is 11.9 Å². The molecule has 27 heavy (non-hydrogen) atoms. The van der Waals surface area contributed by atoms with Crippen LogP contribution in [0.15, 0.2) is 42.5 Å². The number of fused-ring (bicyclic) bond motifs is 2. The first-order chi connectivity index (χ1) is 13.2. The molecule has 5 heteroatoms. The van der Waals surface area contributed by atoms with Crippen LogP contribution in [0.2, 0.25) is 0 Å². The summed E-state index contributed by atoms with van der Waals surface area (Å²) in [7, 11) is 3.69. The Bertz CT molecular complexity index is 876. The number of carbonyl (C=O) groups excluding carboxylic acids is 1. The second-order valence-electron chi connectivity index (χ2n) is 6.88. The molecule has 0 aliphatic carbocycles. The molecular formula is C22H23NO4. The topological polar surface area (TPSA) is 48.0 Å². The number of carbonyl (C=O) groups is 1. The lowest BCUT2D eigenvalue weighted by atomic mass is 9.88. The standard InChI is InChI=1S/C22H23NO4/c1-23-11-10-16-12-19-21(27-14-26-19)22(25-2)20(16)18(23)13-17(24)9-8-15-6-4-3-5-7-15/h3-9,12,18H,10-11,13-14H2,1-2H3/b9-8+. The van der Waals surface area contributed by atoms with Crippen molar-refractivity contribution in [1.29, 1.82) is 0 Å². The van der Waals surface area contributed by atoms with Crippen LogP contribution in [0.4, 0.5) is 0 Å². The van der Waals surface area contributed by atoms with E-state index in [-0.39, 0.29) is 18.6 Å². The van der Waals surface area contributed by atoms with E-state index in [1.165, 1.54) is 5.56 Å².